The van der Waals surface area contributed by atoms with E-state index in [1.165, 1.54) is 21.3 Å². The van der Waals surface area contributed by atoms with Gasteiger partial charge in [-0.05, 0) is 49.1 Å². The van der Waals surface area contributed by atoms with Gasteiger partial charge < -0.3 is 33.9 Å². The first-order valence-corrected chi connectivity index (χ1v) is 9.42. The van der Waals surface area contributed by atoms with Crippen LogP contribution in [0.2, 0.25) is 0 Å². The van der Waals surface area contributed by atoms with Gasteiger partial charge in [-0.3, -0.25) is 0 Å². The molecule has 29 heavy (non-hydrogen) atoms. The quantitative estimate of drug-likeness (QED) is 0.593. The fourth-order valence-electron chi connectivity index (χ4n) is 3.16. The summed E-state index contributed by atoms with van der Waals surface area (Å²) in [4.78, 5) is 0. The number of benzene rings is 2. The molecule has 7 nitrogen and oxygen atoms in total. The van der Waals surface area contributed by atoms with Gasteiger partial charge in [-0.1, -0.05) is 12.1 Å². The molecule has 0 bridgehead atoms. The zero-order valence-electron chi connectivity index (χ0n) is 17.6. The molecule has 160 valence electrons. The van der Waals surface area contributed by atoms with E-state index in [-0.39, 0.29) is 6.61 Å². The maximum absolute atomic E-state index is 10.9. The molecular formula is C22H30O7. The zero-order chi connectivity index (χ0) is 21.4. The number of para-hydroxylation sites is 1. The van der Waals surface area contributed by atoms with Crippen molar-refractivity contribution in [1.29, 1.82) is 0 Å². The van der Waals surface area contributed by atoms with E-state index >= 15 is 0 Å². The number of hydrogen-bond donors (Lipinski definition) is 2. The van der Waals surface area contributed by atoms with E-state index in [0.717, 1.165) is 5.56 Å². The van der Waals surface area contributed by atoms with Crippen LogP contribution in [0.4, 0.5) is 0 Å². The maximum atomic E-state index is 10.9. The van der Waals surface area contributed by atoms with Gasteiger partial charge in [0.1, 0.15) is 12.2 Å². The van der Waals surface area contributed by atoms with Gasteiger partial charge in [0.05, 0.1) is 28.4 Å². The average Bonchev–Trinajstić information content (AvgIpc) is 2.75. The van der Waals surface area contributed by atoms with E-state index < -0.39 is 12.2 Å². The Kier molecular flexibility index (Phi) is 8.42. The summed E-state index contributed by atoms with van der Waals surface area (Å²) in [5.74, 6) is 2.50. The molecule has 2 rings (SSSR count). The third kappa shape index (κ3) is 5.25. The summed E-state index contributed by atoms with van der Waals surface area (Å²) in [5, 5.41) is 20.0. The highest BCUT2D eigenvalue weighted by Crippen LogP contribution is 2.41. The van der Waals surface area contributed by atoms with Gasteiger partial charge in [0.2, 0.25) is 5.75 Å². The first kappa shape index (κ1) is 22.6. The van der Waals surface area contributed by atoms with Crippen LogP contribution in [0, 0.1) is 0 Å². The fraction of sp³-hybridized carbons (Fsp3) is 0.455. The van der Waals surface area contributed by atoms with Crippen LogP contribution in [0.3, 0.4) is 0 Å². The highest BCUT2D eigenvalue weighted by Gasteiger charge is 2.24. The van der Waals surface area contributed by atoms with E-state index in [2.05, 4.69) is 0 Å². The van der Waals surface area contributed by atoms with Crippen LogP contribution >= 0.6 is 0 Å². The van der Waals surface area contributed by atoms with Crippen molar-refractivity contribution in [2.24, 2.45) is 0 Å². The van der Waals surface area contributed by atoms with Crippen LogP contribution in [0.5, 0.6) is 28.7 Å². The molecule has 0 heterocycles. The molecule has 0 saturated heterocycles. The Balaban J connectivity index is 2.28. The highest BCUT2D eigenvalue weighted by atomic mass is 16.5. The molecule has 2 aromatic carbocycles. The molecule has 0 aliphatic rings. The number of aliphatic hydroxyl groups excluding tert-OH is 2. The van der Waals surface area contributed by atoms with Crippen molar-refractivity contribution < 1.29 is 33.9 Å². The predicted octanol–water partition coefficient (Wildman–Crippen LogP) is 3.15. The van der Waals surface area contributed by atoms with Gasteiger partial charge in [0.15, 0.2) is 23.0 Å². The molecule has 7 heteroatoms. The molecule has 0 radical (unpaired) electrons. The van der Waals surface area contributed by atoms with Gasteiger partial charge in [0.25, 0.3) is 0 Å². The summed E-state index contributed by atoms with van der Waals surface area (Å²) in [6, 6.07) is 8.98. The first-order chi connectivity index (χ1) is 14.0. The number of hydrogen-bond acceptors (Lipinski definition) is 7. The molecule has 2 N–H and O–H groups in total. The third-order valence-corrected chi connectivity index (χ3v) is 4.65. The summed E-state index contributed by atoms with van der Waals surface area (Å²) in [6.07, 6.45) is -0.237. The Bertz CT molecular complexity index is 766. The molecule has 0 aliphatic heterocycles. The summed E-state index contributed by atoms with van der Waals surface area (Å²) >= 11 is 0. The average molecular weight is 406 g/mol. The van der Waals surface area contributed by atoms with Crippen LogP contribution in [-0.2, 0) is 6.42 Å². The minimum Gasteiger partial charge on any atom is -0.493 e. The number of aliphatic hydroxyl groups is 2. The molecule has 0 aromatic heterocycles. The fourth-order valence-corrected chi connectivity index (χ4v) is 3.16. The lowest BCUT2D eigenvalue weighted by molar-refractivity contribution is 0.0447. The second-order valence-electron chi connectivity index (χ2n) is 6.50. The van der Waals surface area contributed by atoms with Gasteiger partial charge in [-0.25, -0.2) is 0 Å². The molecule has 0 aliphatic carbocycles. The van der Waals surface area contributed by atoms with Crippen LogP contribution in [-0.4, -0.2) is 51.4 Å². The lowest BCUT2D eigenvalue weighted by Gasteiger charge is -2.24. The topological polar surface area (TPSA) is 86.6 Å². The van der Waals surface area contributed by atoms with E-state index in [1.54, 1.807) is 32.2 Å². The van der Waals surface area contributed by atoms with Crippen molar-refractivity contribution in [2.45, 2.75) is 32.0 Å². The summed E-state index contributed by atoms with van der Waals surface area (Å²) in [7, 11) is 6.15. The van der Waals surface area contributed by atoms with E-state index in [0.29, 0.717) is 47.2 Å². The lowest BCUT2D eigenvalue weighted by atomic mass is 10.0. The van der Waals surface area contributed by atoms with Crippen molar-refractivity contribution in [3.8, 4) is 28.7 Å². The summed E-state index contributed by atoms with van der Waals surface area (Å²) in [5.41, 5.74) is 1.51. The van der Waals surface area contributed by atoms with Crippen molar-refractivity contribution in [1.82, 2.24) is 0 Å². The van der Waals surface area contributed by atoms with Crippen LogP contribution in [0.25, 0.3) is 0 Å². The highest BCUT2D eigenvalue weighted by molar-refractivity contribution is 5.54. The standard InChI is InChI=1S/C22H30O7/c1-14(29-17-10-6-8-15(9-7-11-23)21(17)27-4)20(24)16-12-18(25-2)22(28-5)19(13-16)26-3/h6,8,10,12-14,20,23-24H,7,9,11H2,1-5H3/t14-,20+/m0/s1. The first-order valence-electron chi connectivity index (χ1n) is 9.42. The monoisotopic (exact) mass is 406 g/mol. The number of ether oxygens (including phenoxy) is 5. The second kappa shape index (κ2) is 10.8. The van der Waals surface area contributed by atoms with Crippen molar-refractivity contribution in [3.63, 3.8) is 0 Å². The molecule has 0 fully saturated rings. The molecule has 0 amide bonds. The Morgan fingerprint density at radius 2 is 1.48 bits per heavy atom. The Hall–Kier alpha value is -2.64. The third-order valence-electron chi connectivity index (χ3n) is 4.65. The summed E-state index contributed by atoms with van der Waals surface area (Å²) in [6.45, 7) is 1.87. The number of aryl methyl sites for hydroxylation is 1. The van der Waals surface area contributed by atoms with Gasteiger partial charge >= 0.3 is 0 Å². The van der Waals surface area contributed by atoms with E-state index in [1.807, 2.05) is 12.1 Å². The number of rotatable bonds is 11. The van der Waals surface area contributed by atoms with E-state index in [9.17, 15) is 5.11 Å². The molecule has 0 unspecified atom stereocenters. The maximum Gasteiger partial charge on any atom is 0.203 e. The Labute approximate surface area is 171 Å². The second-order valence-corrected chi connectivity index (χ2v) is 6.50. The van der Waals surface area contributed by atoms with Crippen LogP contribution < -0.4 is 23.7 Å². The zero-order valence-corrected chi connectivity index (χ0v) is 17.6. The molecule has 2 aromatic rings. The Morgan fingerprint density at radius 3 is 2.00 bits per heavy atom. The Morgan fingerprint density at radius 1 is 0.862 bits per heavy atom. The molecule has 2 atom stereocenters. The largest absolute Gasteiger partial charge is 0.493 e. The van der Waals surface area contributed by atoms with Gasteiger partial charge in [-0.2, -0.15) is 0 Å². The van der Waals surface area contributed by atoms with Crippen molar-refractivity contribution in [3.05, 3.63) is 41.5 Å². The normalized spacial score (nSPS) is 12.8. The van der Waals surface area contributed by atoms with Crippen LogP contribution in [0.15, 0.2) is 30.3 Å². The van der Waals surface area contributed by atoms with Gasteiger partial charge in [0, 0.05) is 6.61 Å². The number of methoxy groups -OCH3 is 4. The smallest absolute Gasteiger partial charge is 0.203 e. The van der Waals surface area contributed by atoms with Crippen molar-refractivity contribution in [2.75, 3.05) is 35.0 Å². The van der Waals surface area contributed by atoms with Crippen molar-refractivity contribution >= 4 is 0 Å². The minimum absolute atomic E-state index is 0.102. The van der Waals surface area contributed by atoms with Crippen LogP contribution in [0.1, 0.15) is 30.6 Å². The molecule has 0 spiro atoms. The molecular weight excluding hydrogens is 376 g/mol. The SMILES string of the molecule is COc1cc([C@H](O)[C@H](C)Oc2cccc(CCCO)c2OC)cc(OC)c1OC. The minimum atomic E-state index is -0.950. The lowest BCUT2D eigenvalue weighted by Crippen LogP contribution is -2.22. The molecule has 0 saturated carbocycles. The summed E-state index contributed by atoms with van der Waals surface area (Å²) < 4.78 is 27.6. The van der Waals surface area contributed by atoms with E-state index in [4.69, 9.17) is 28.8 Å². The van der Waals surface area contributed by atoms with Gasteiger partial charge in [-0.15, -0.1) is 0 Å². The predicted molar refractivity (Wildman–Crippen MR) is 110 cm³/mol.